The third kappa shape index (κ3) is 5.79. The quantitative estimate of drug-likeness (QED) is 0.317. The van der Waals surface area contributed by atoms with Crippen LogP contribution in [-0.2, 0) is 11.4 Å². The minimum absolute atomic E-state index is 0.106. The first-order chi connectivity index (χ1) is 18.5. The summed E-state index contributed by atoms with van der Waals surface area (Å²) in [6.45, 7) is 2.72. The highest BCUT2D eigenvalue weighted by atomic mass is 35.5. The van der Waals surface area contributed by atoms with Gasteiger partial charge >= 0.3 is 0 Å². The van der Waals surface area contributed by atoms with E-state index in [0.717, 1.165) is 24.2 Å². The lowest BCUT2D eigenvalue weighted by Gasteiger charge is -2.26. The van der Waals surface area contributed by atoms with E-state index in [9.17, 15) is 9.90 Å². The fourth-order valence-electron chi connectivity index (χ4n) is 4.49. The number of carbonyl (C=O) groups excluding carboxylic acids is 1. The Hall–Kier alpha value is -3.95. The van der Waals surface area contributed by atoms with Crippen LogP contribution in [0, 0.1) is 0 Å². The molecule has 38 heavy (non-hydrogen) atoms. The van der Waals surface area contributed by atoms with Gasteiger partial charge in [-0.1, -0.05) is 23.7 Å². The summed E-state index contributed by atoms with van der Waals surface area (Å²) in [6.07, 6.45) is 3.87. The number of amides is 1. The average molecular weight is 534 g/mol. The molecule has 4 aromatic rings. The van der Waals surface area contributed by atoms with Crippen LogP contribution >= 0.6 is 11.6 Å². The van der Waals surface area contributed by atoms with Crippen LogP contribution in [0.1, 0.15) is 25.5 Å². The van der Waals surface area contributed by atoms with Crippen LogP contribution in [0.3, 0.4) is 0 Å². The van der Waals surface area contributed by atoms with Crippen LogP contribution in [0.25, 0.3) is 10.9 Å². The van der Waals surface area contributed by atoms with Gasteiger partial charge in [-0.05, 0) is 62.2 Å². The van der Waals surface area contributed by atoms with Crippen LogP contribution in [0.4, 0.5) is 11.5 Å². The number of ether oxygens (including phenoxy) is 2. The molecule has 1 fully saturated rings. The fraction of sp³-hybridized carbons (Fsp3) is 0.286. The first kappa shape index (κ1) is 25.7. The van der Waals surface area contributed by atoms with E-state index in [1.165, 1.54) is 13.3 Å². The van der Waals surface area contributed by atoms with E-state index >= 15 is 0 Å². The average Bonchev–Trinajstić information content (AvgIpc) is 3.40. The summed E-state index contributed by atoms with van der Waals surface area (Å²) in [7, 11) is 0. The summed E-state index contributed by atoms with van der Waals surface area (Å²) in [6, 6.07) is 16.6. The summed E-state index contributed by atoms with van der Waals surface area (Å²) in [4.78, 5) is 27.2. The normalized spacial score (nSPS) is 15.9. The van der Waals surface area contributed by atoms with E-state index in [4.69, 9.17) is 21.1 Å². The topological polar surface area (TPSA) is 110 Å². The lowest BCUT2D eigenvalue weighted by molar-refractivity contribution is -0.140. The number of aliphatic hydroxyl groups is 1. The number of carbonyl (C=O) groups is 1. The molecule has 0 spiro atoms. The summed E-state index contributed by atoms with van der Waals surface area (Å²) >= 11 is 6.50. The van der Waals surface area contributed by atoms with Crippen LogP contribution < -0.4 is 14.8 Å². The zero-order valence-corrected chi connectivity index (χ0v) is 21.6. The van der Waals surface area contributed by atoms with Crippen molar-refractivity contribution in [3.63, 3.8) is 0 Å². The molecule has 9 nitrogen and oxygen atoms in total. The number of aromatic nitrogens is 3. The largest absolute Gasteiger partial charge is 0.491 e. The van der Waals surface area contributed by atoms with E-state index in [1.807, 2.05) is 42.5 Å². The monoisotopic (exact) mass is 533 g/mol. The second kappa shape index (κ2) is 11.6. The minimum Gasteiger partial charge on any atom is -0.491 e. The van der Waals surface area contributed by atoms with Gasteiger partial charge in [-0.25, -0.2) is 9.97 Å². The van der Waals surface area contributed by atoms with E-state index in [1.54, 1.807) is 23.2 Å². The Labute approximate surface area is 225 Å². The molecule has 1 saturated heterocycles. The molecule has 5 rings (SSSR count). The molecular weight excluding hydrogens is 506 g/mol. The number of likely N-dealkylation sites (tertiary alicyclic amines) is 1. The highest BCUT2D eigenvalue weighted by Gasteiger charge is 2.31. The van der Waals surface area contributed by atoms with Crippen LogP contribution in [0.15, 0.2) is 67.1 Å². The highest BCUT2D eigenvalue weighted by Crippen LogP contribution is 2.34. The first-order valence-corrected chi connectivity index (χ1v) is 12.8. The van der Waals surface area contributed by atoms with Crippen molar-refractivity contribution in [1.82, 2.24) is 19.9 Å². The van der Waals surface area contributed by atoms with Gasteiger partial charge in [0.2, 0.25) is 0 Å². The van der Waals surface area contributed by atoms with Crippen LogP contribution in [0.5, 0.6) is 11.5 Å². The molecule has 1 aliphatic heterocycles. The summed E-state index contributed by atoms with van der Waals surface area (Å²) < 4.78 is 12.0. The predicted octanol–water partition coefficient (Wildman–Crippen LogP) is 4.75. The van der Waals surface area contributed by atoms with Gasteiger partial charge in [-0.15, -0.1) is 0 Å². The second-order valence-corrected chi connectivity index (χ2v) is 9.47. The SMILES string of the molecule is C[C@@H](O)C(=O)N1CCC[C@@H]1COc1cccc2ncnc(Nc3ccc(OCc4ccccn4)c(Cl)c3)c12. The van der Waals surface area contributed by atoms with E-state index in [-0.39, 0.29) is 11.9 Å². The fourth-order valence-corrected chi connectivity index (χ4v) is 4.72. The number of hydrogen-bond acceptors (Lipinski definition) is 8. The Morgan fingerprint density at radius 1 is 1.13 bits per heavy atom. The molecule has 0 saturated carbocycles. The number of fused-ring (bicyclic) bond motifs is 1. The predicted molar refractivity (Wildman–Crippen MR) is 145 cm³/mol. The number of aliphatic hydroxyl groups excluding tert-OH is 1. The molecule has 0 unspecified atom stereocenters. The smallest absolute Gasteiger partial charge is 0.251 e. The molecule has 2 atom stereocenters. The van der Waals surface area contributed by atoms with Gasteiger partial charge in [0, 0.05) is 18.4 Å². The van der Waals surface area contributed by atoms with Crippen molar-refractivity contribution in [2.45, 2.75) is 38.5 Å². The number of rotatable bonds is 9. The zero-order chi connectivity index (χ0) is 26.5. The lowest BCUT2D eigenvalue weighted by Crippen LogP contribution is -2.43. The van der Waals surface area contributed by atoms with Crippen molar-refractivity contribution in [2.75, 3.05) is 18.5 Å². The Morgan fingerprint density at radius 2 is 2.03 bits per heavy atom. The third-order valence-electron chi connectivity index (χ3n) is 6.37. The Kier molecular flexibility index (Phi) is 7.86. The van der Waals surface area contributed by atoms with Crippen LogP contribution in [0.2, 0.25) is 5.02 Å². The van der Waals surface area contributed by atoms with E-state index in [0.29, 0.717) is 53.0 Å². The Morgan fingerprint density at radius 3 is 2.82 bits per heavy atom. The standard InChI is InChI=1S/C28H28ClN5O4/c1-18(35)28(36)34-13-5-7-21(34)16-38-25-9-4-8-23-26(25)27(32-17-31-23)33-19-10-11-24(22(29)14-19)37-15-20-6-2-3-12-30-20/h2-4,6,8-12,14,17-18,21,35H,5,7,13,15-16H2,1H3,(H,31,32,33)/t18-,21-/m1/s1. The number of hydrogen-bond donors (Lipinski definition) is 2. The maximum atomic E-state index is 12.4. The van der Waals surface area contributed by atoms with Crippen LogP contribution in [-0.4, -0.2) is 56.2 Å². The molecule has 1 aliphatic rings. The number of halogens is 1. The summed E-state index contributed by atoms with van der Waals surface area (Å²) in [5, 5.41) is 14.2. The molecule has 3 heterocycles. The number of pyridine rings is 1. The molecule has 0 radical (unpaired) electrons. The van der Waals surface area contributed by atoms with Gasteiger partial charge in [0.1, 0.15) is 43.0 Å². The summed E-state index contributed by atoms with van der Waals surface area (Å²) in [5.74, 6) is 1.44. The Bertz CT molecular complexity index is 1410. The van der Waals surface area contributed by atoms with Crippen molar-refractivity contribution in [3.8, 4) is 11.5 Å². The number of nitrogens with one attached hydrogen (secondary N) is 1. The van der Waals surface area contributed by atoms with Crippen molar-refractivity contribution in [2.24, 2.45) is 0 Å². The van der Waals surface area contributed by atoms with Crippen molar-refractivity contribution >= 4 is 39.9 Å². The van der Waals surface area contributed by atoms with Gasteiger partial charge in [-0.2, -0.15) is 0 Å². The molecule has 0 aliphatic carbocycles. The molecule has 0 bridgehead atoms. The molecule has 10 heteroatoms. The third-order valence-corrected chi connectivity index (χ3v) is 6.67. The van der Waals surface area contributed by atoms with Gasteiger partial charge in [0.05, 0.1) is 27.7 Å². The van der Waals surface area contributed by atoms with Gasteiger partial charge in [0.15, 0.2) is 0 Å². The molecular formula is C28H28ClN5O4. The lowest BCUT2D eigenvalue weighted by atomic mass is 10.2. The van der Waals surface area contributed by atoms with Crippen molar-refractivity contribution < 1.29 is 19.4 Å². The zero-order valence-electron chi connectivity index (χ0n) is 20.9. The number of nitrogens with zero attached hydrogens (tertiary/aromatic N) is 4. The maximum Gasteiger partial charge on any atom is 0.251 e. The summed E-state index contributed by atoms with van der Waals surface area (Å²) in [5.41, 5.74) is 2.24. The van der Waals surface area contributed by atoms with Crippen molar-refractivity contribution in [3.05, 3.63) is 77.8 Å². The van der Waals surface area contributed by atoms with E-state index < -0.39 is 6.10 Å². The molecule has 1 amide bonds. The van der Waals surface area contributed by atoms with Gasteiger partial charge in [0.25, 0.3) is 5.91 Å². The Balaban J connectivity index is 1.33. The maximum absolute atomic E-state index is 12.4. The van der Waals surface area contributed by atoms with Gasteiger partial charge < -0.3 is 24.8 Å². The van der Waals surface area contributed by atoms with E-state index in [2.05, 4.69) is 20.3 Å². The molecule has 2 aromatic heterocycles. The number of anilines is 2. The number of benzene rings is 2. The molecule has 196 valence electrons. The highest BCUT2D eigenvalue weighted by molar-refractivity contribution is 6.32. The van der Waals surface area contributed by atoms with Gasteiger partial charge in [-0.3, -0.25) is 9.78 Å². The second-order valence-electron chi connectivity index (χ2n) is 9.07. The minimum atomic E-state index is -1.03. The van der Waals surface area contributed by atoms with Crippen molar-refractivity contribution in [1.29, 1.82) is 0 Å². The first-order valence-electron chi connectivity index (χ1n) is 12.4. The molecule has 2 aromatic carbocycles. The molecule has 2 N–H and O–H groups in total.